The van der Waals surface area contributed by atoms with E-state index in [0.29, 0.717) is 40.1 Å². The Morgan fingerprint density at radius 1 is 0.891 bits per heavy atom. The maximum Gasteiger partial charge on any atom is 0.264 e. The molecule has 3 aromatic carbocycles. The van der Waals surface area contributed by atoms with Crippen molar-refractivity contribution in [3.05, 3.63) is 76.3 Å². The molecule has 0 heterocycles. The van der Waals surface area contributed by atoms with Crippen LogP contribution in [0.25, 0.3) is 0 Å². The van der Waals surface area contributed by atoms with Gasteiger partial charge >= 0.3 is 0 Å². The number of benzene rings is 3. The van der Waals surface area contributed by atoms with Crippen molar-refractivity contribution >= 4 is 50.7 Å². The fraction of sp³-hybridized carbons (Fsp3) is 0.394. The molecule has 13 heteroatoms. The van der Waals surface area contributed by atoms with E-state index < -0.39 is 28.5 Å². The molecule has 2 amide bonds. The van der Waals surface area contributed by atoms with Crippen LogP contribution in [0.1, 0.15) is 46.1 Å². The number of ether oxygens (including phenoxy) is 3. The Kier molecular flexibility index (Phi) is 13.4. The lowest BCUT2D eigenvalue weighted by Gasteiger charge is -2.34. The Hall–Kier alpha value is -3.67. The van der Waals surface area contributed by atoms with E-state index in [1.807, 2.05) is 20.8 Å². The second kappa shape index (κ2) is 16.8. The fourth-order valence-corrected chi connectivity index (χ4v) is 6.60. The van der Waals surface area contributed by atoms with Gasteiger partial charge in [0.1, 0.15) is 18.3 Å². The molecule has 0 fully saturated rings. The van der Waals surface area contributed by atoms with Crippen molar-refractivity contribution in [1.82, 2.24) is 10.2 Å². The van der Waals surface area contributed by atoms with E-state index in [4.69, 9.17) is 37.4 Å². The SMILES string of the molecule is CCOc1ccc(N(CC(=O)N(Cc2ccc(Cl)cc2Cl)[C@H](CC)C(=O)N[C@H](C)CC)S(=O)(=O)c2ccc(OC)c(OC)c2)cc1. The van der Waals surface area contributed by atoms with Gasteiger partial charge in [0.15, 0.2) is 11.5 Å². The molecule has 3 aromatic rings. The third kappa shape index (κ3) is 8.98. The normalized spacial score (nSPS) is 12.5. The second-order valence-corrected chi connectivity index (χ2v) is 13.2. The monoisotopic (exact) mass is 693 g/mol. The van der Waals surface area contributed by atoms with Crippen molar-refractivity contribution in [3.63, 3.8) is 0 Å². The van der Waals surface area contributed by atoms with Crippen molar-refractivity contribution in [2.24, 2.45) is 0 Å². The highest BCUT2D eigenvalue weighted by Gasteiger charge is 2.34. The van der Waals surface area contributed by atoms with E-state index in [-0.39, 0.29) is 41.2 Å². The van der Waals surface area contributed by atoms with E-state index in [1.165, 1.54) is 37.3 Å². The van der Waals surface area contributed by atoms with Crippen LogP contribution in [-0.4, -0.2) is 64.6 Å². The molecule has 0 aromatic heterocycles. The lowest BCUT2D eigenvalue weighted by atomic mass is 10.1. The van der Waals surface area contributed by atoms with E-state index in [9.17, 15) is 18.0 Å². The summed E-state index contributed by atoms with van der Waals surface area (Å²) >= 11 is 12.6. The Balaban J connectivity index is 2.13. The molecule has 1 N–H and O–H groups in total. The number of carbonyl (C=O) groups excluding carboxylic acids is 2. The topological polar surface area (TPSA) is 114 Å². The molecule has 0 aliphatic rings. The molecule has 10 nitrogen and oxygen atoms in total. The van der Waals surface area contributed by atoms with Crippen LogP contribution in [0.3, 0.4) is 0 Å². The number of methoxy groups -OCH3 is 2. The van der Waals surface area contributed by atoms with Gasteiger partial charge in [0, 0.05) is 28.7 Å². The standard InChI is InChI=1S/C33H41Cl2N3O7S/c1-7-22(4)36-33(40)29(8-2)37(20-23-10-11-24(34)18-28(23)35)32(39)21-38(25-12-14-26(15-13-25)45-9-3)46(41,42)27-16-17-30(43-5)31(19-27)44-6/h10-19,22,29H,7-9,20-21H2,1-6H3,(H,36,40)/t22-,29-/m1/s1. The van der Waals surface area contributed by atoms with Gasteiger partial charge in [-0.3, -0.25) is 13.9 Å². The van der Waals surface area contributed by atoms with Crippen molar-refractivity contribution < 1.29 is 32.2 Å². The molecule has 0 radical (unpaired) electrons. The highest BCUT2D eigenvalue weighted by atomic mass is 35.5. The Bertz CT molecular complexity index is 1600. The van der Waals surface area contributed by atoms with Gasteiger partial charge in [-0.1, -0.05) is 43.1 Å². The van der Waals surface area contributed by atoms with Crippen molar-refractivity contribution in [2.45, 2.75) is 64.1 Å². The number of sulfonamides is 1. The van der Waals surface area contributed by atoms with Gasteiger partial charge in [-0.15, -0.1) is 0 Å². The van der Waals surface area contributed by atoms with Crippen LogP contribution in [0.2, 0.25) is 10.0 Å². The number of halogens is 2. The number of hydrogen-bond donors (Lipinski definition) is 1. The van der Waals surface area contributed by atoms with Gasteiger partial charge in [-0.05, 0) is 80.8 Å². The summed E-state index contributed by atoms with van der Waals surface area (Å²) in [5, 5.41) is 3.67. The molecule has 46 heavy (non-hydrogen) atoms. The van der Waals surface area contributed by atoms with Crippen molar-refractivity contribution in [1.29, 1.82) is 0 Å². The third-order valence-corrected chi connectivity index (χ3v) is 9.76. The van der Waals surface area contributed by atoms with Gasteiger partial charge in [-0.2, -0.15) is 0 Å². The lowest BCUT2D eigenvalue weighted by Crippen LogP contribution is -2.53. The second-order valence-electron chi connectivity index (χ2n) is 10.5. The summed E-state index contributed by atoms with van der Waals surface area (Å²) in [5.74, 6) is 0.108. The number of rotatable bonds is 16. The molecular formula is C33H41Cl2N3O7S. The summed E-state index contributed by atoms with van der Waals surface area (Å²) in [4.78, 5) is 29.1. The zero-order chi connectivity index (χ0) is 34.0. The molecule has 2 atom stereocenters. The molecule has 0 bridgehead atoms. The van der Waals surface area contributed by atoms with Crippen LogP contribution in [0.15, 0.2) is 65.6 Å². The summed E-state index contributed by atoms with van der Waals surface area (Å²) < 4.78 is 45.8. The Morgan fingerprint density at radius 2 is 1.57 bits per heavy atom. The summed E-state index contributed by atoms with van der Waals surface area (Å²) in [7, 11) is -1.52. The minimum atomic E-state index is -4.36. The van der Waals surface area contributed by atoms with E-state index in [1.54, 1.807) is 49.4 Å². The average molecular weight is 695 g/mol. The first-order chi connectivity index (χ1) is 21.9. The highest BCUT2D eigenvalue weighted by Crippen LogP contribution is 2.33. The van der Waals surface area contributed by atoms with E-state index >= 15 is 0 Å². The number of carbonyl (C=O) groups is 2. The van der Waals surface area contributed by atoms with Crippen LogP contribution in [0, 0.1) is 0 Å². The quantitative estimate of drug-likeness (QED) is 0.187. The molecule has 0 aliphatic carbocycles. The van der Waals surface area contributed by atoms with Crippen LogP contribution in [-0.2, 0) is 26.2 Å². The Morgan fingerprint density at radius 3 is 2.13 bits per heavy atom. The van der Waals surface area contributed by atoms with E-state index in [0.717, 1.165) is 4.31 Å². The van der Waals surface area contributed by atoms with Crippen molar-refractivity contribution in [3.8, 4) is 17.2 Å². The van der Waals surface area contributed by atoms with Crippen LogP contribution in [0.5, 0.6) is 17.2 Å². The van der Waals surface area contributed by atoms with Crippen LogP contribution < -0.4 is 23.8 Å². The number of nitrogens with one attached hydrogen (secondary N) is 1. The largest absolute Gasteiger partial charge is 0.494 e. The predicted molar refractivity (Wildman–Crippen MR) is 181 cm³/mol. The number of amides is 2. The summed E-state index contributed by atoms with van der Waals surface area (Å²) in [5.41, 5.74) is 0.762. The molecule has 0 spiro atoms. The molecule has 0 unspecified atom stereocenters. The molecule has 0 aliphatic heterocycles. The first-order valence-electron chi connectivity index (χ1n) is 14.9. The van der Waals surface area contributed by atoms with Gasteiger partial charge in [0.25, 0.3) is 10.0 Å². The molecule has 250 valence electrons. The summed E-state index contributed by atoms with van der Waals surface area (Å²) in [6, 6.07) is 14.4. The van der Waals surface area contributed by atoms with Gasteiger partial charge in [-0.25, -0.2) is 8.42 Å². The summed E-state index contributed by atoms with van der Waals surface area (Å²) in [6.07, 6.45) is 0.957. The van der Waals surface area contributed by atoms with Gasteiger partial charge in [0.2, 0.25) is 11.8 Å². The zero-order valence-electron chi connectivity index (χ0n) is 26.9. The summed E-state index contributed by atoms with van der Waals surface area (Å²) in [6.45, 7) is 7.17. The molecule has 0 saturated heterocycles. The maximum atomic E-state index is 14.3. The lowest BCUT2D eigenvalue weighted by molar-refractivity contribution is -0.140. The van der Waals surface area contributed by atoms with Crippen molar-refractivity contribution in [2.75, 3.05) is 31.7 Å². The third-order valence-electron chi connectivity index (χ3n) is 7.40. The predicted octanol–water partition coefficient (Wildman–Crippen LogP) is 6.33. The fourth-order valence-electron chi connectivity index (χ4n) is 4.70. The first kappa shape index (κ1) is 36.8. The molecular weight excluding hydrogens is 653 g/mol. The average Bonchev–Trinajstić information content (AvgIpc) is 3.04. The maximum absolute atomic E-state index is 14.3. The van der Waals surface area contributed by atoms with Gasteiger partial charge < -0.3 is 24.4 Å². The molecule has 3 rings (SSSR count). The number of anilines is 1. The van der Waals surface area contributed by atoms with E-state index in [2.05, 4.69) is 5.32 Å². The molecule has 0 saturated carbocycles. The van der Waals surface area contributed by atoms with Crippen LogP contribution in [0.4, 0.5) is 5.69 Å². The minimum absolute atomic E-state index is 0.0607. The van der Waals surface area contributed by atoms with Gasteiger partial charge in [0.05, 0.1) is 31.4 Å². The minimum Gasteiger partial charge on any atom is -0.494 e. The Labute approximate surface area is 281 Å². The number of hydrogen-bond acceptors (Lipinski definition) is 7. The highest BCUT2D eigenvalue weighted by molar-refractivity contribution is 7.92. The smallest absolute Gasteiger partial charge is 0.264 e. The number of nitrogens with zero attached hydrogens (tertiary/aromatic N) is 2. The van der Waals surface area contributed by atoms with Crippen LogP contribution >= 0.6 is 23.2 Å². The first-order valence-corrected chi connectivity index (χ1v) is 17.1. The zero-order valence-corrected chi connectivity index (χ0v) is 29.2.